The highest BCUT2D eigenvalue weighted by Crippen LogP contribution is 2.27. The van der Waals surface area contributed by atoms with Crippen LogP contribution in [0.2, 0.25) is 10.0 Å². The molecule has 0 saturated carbocycles. The van der Waals surface area contributed by atoms with Gasteiger partial charge in [0.15, 0.2) is 0 Å². The van der Waals surface area contributed by atoms with Crippen LogP contribution in [0.1, 0.15) is 5.56 Å². The highest BCUT2D eigenvalue weighted by atomic mass is 79.9. The van der Waals surface area contributed by atoms with Gasteiger partial charge in [-0.3, -0.25) is 11.3 Å². The van der Waals surface area contributed by atoms with Gasteiger partial charge in [0, 0.05) is 31.2 Å². The molecule has 0 aliphatic rings. The molecular weight excluding hydrogens is 391 g/mol. The lowest BCUT2D eigenvalue weighted by molar-refractivity contribution is 0.575. The number of thioether (sulfide) groups is 1. The van der Waals surface area contributed by atoms with Crippen molar-refractivity contribution in [3.63, 3.8) is 0 Å². The van der Waals surface area contributed by atoms with Crippen molar-refractivity contribution in [1.29, 1.82) is 0 Å². The highest BCUT2D eigenvalue weighted by Gasteiger charge is 2.13. The smallest absolute Gasteiger partial charge is 0.0453 e. The summed E-state index contributed by atoms with van der Waals surface area (Å²) in [7, 11) is 0. The Morgan fingerprint density at radius 3 is 2.29 bits per heavy atom. The SMILES string of the molecule is NNC(CSc1ccc(Br)cc1)Cc1c(Cl)cccc1Cl. The minimum absolute atomic E-state index is 0.0936. The van der Waals surface area contributed by atoms with Gasteiger partial charge in [-0.2, -0.15) is 0 Å². The molecule has 1 atom stereocenters. The molecule has 0 saturated heterocycles. The normalized spacial score (nSPS) is 12.4. The van der Waals surface area contributed by atoms with Crippen LogP contribution in [0.4, 0.5) is 0 Å². The molecule has 21 heavy (non-hydrogen) atoms. The molecule has 112 valence electrons. The number of hydrogen-bond acceptors (Lipinski definition) is 3. The molecule has 3 N–H and O–H groups in total. The van der Waals surface area contributed by atoms with E-state index in [1.54, 1.807) is 11.8 Å². The zero-order chi connectivity index (χ0) is 15.2. The van der Waals surface area contributed by atoms with Crippen molar-refractivity contribution in [2.24, 2.45) is 5.84 Å². The summed E-state index contributed by atoms with van der Waals surface area (Å²) in [4.78, 5) is 1.20. The number of rotatable bonds is 6. The van der Waals surface area contributed by atoms with Gasteiger partial charge in [-0.1, -0.05) is 45.2 Å². The molecule has 0 aliphatic carbocycles. The van der Waals surface area contributed by atoms with Crippen LogP contribution in [0.15, 0.2) is 51.8 Å². The molecule has 6 heteroatoms. The Morgan fingerprint density at radius 1 is 1.10 bits per heavy atom. The van der Waals surface area contributed by atoms with Crippen molar-refractivity contribution in [2.75, 3.05) is 5.75 Å². The summed E-state index contributed by atoms with van der Waals surface area (Å²) in [6.45, 7) is 0. The van der Waals surface area contributed by atoms with Crippen molar-refractivity contribution in [2.45, 2.75) is 17.4 Å². The monoisotopic (exact) mass is 404 g/mol. The largest absolute Gasteiger partial charge is 0.271 e. The molecule has 2 aromatic carbocycles. The van der Waals surface area contributed by atoms with E-state index < -0.39 is 0 Å². The number of nitrogens with two attached hydrogens (primary N) is 1. The predicted molar refractivity (Wildman–Crippen MR) is 96.1 cm³/mol. The van der Waals surface area contributed by atoms with E-state index in [1.807, 2.05) is 30.3 Å². The summed E-state index contributed by atoms with van der Waals surface area (Å²) in [6, 6.07) is 13.8. The number of benzene rings is 2. The maximum atomic E-state index is 6.20. The van der Waals surface area contributed by atoms with Crippen LogP contribution in [-0.4, -0.2) is 11.8 Å². The lowest BCUT2D eigenvalue weighted by Gasteiger charge is -2.17. The minimum Gasteiger partial charge on any atom is -0.271 e. The molecule has 0 spiro atoms. The Bertz CT molecular complexity index is 572. The van der Waals surface area contributed by atoms with Crippen LogP contribution < -0.4 is 11.3 Å². The van der Waals surface area contributed by atoms with E-state index in [-0.39, 0.29) is 6.04 Å². The lowest BCUT2D eigenvalue weighted by Crippen LogP contribution is -2.38. The minimum atomic E-state index is 0.0936. The number of hydrazine groups is 1. The Balaban J connectivity index is 1.98. The van der Waals surface area contributed by atoms with Gasteiger partial charge in [-0.05, 0) is 48.4 Å². The highest BCUT2D eigenvalue weighted by molar-refractivity contribution is 9.10. The van der Waals surface area contributed by atoms with Gasteiger partial charge in [-0.25, -0.2) is 0 Å². The average Bonchev–Trinajstić information content (AvgIpc) is 2.48. The van der Waals surface area contributed by atoms with E-state index >= 15 is 0 Å². The van der Waals surface area contributed by atoms with Gasteiger partial charge >= 0.3 is 0 Å². The van der Waals surface area contributed by atoms with Gasteiger partial charge in [0.2, 0.25) is 0 Å². The van der Waals surface area contributed by atoms with Gasteiger partial charge in [0.1, 0.15) is 0 Å². The van der Waals surface area contributed by atoms with Crippen LogP contribution in [0.3, 0.4) is 0 Å². The molecule has 2 nitrogen and oxygen atoms in total. The predicted octanol–water partition coefficient (Wildman–Crippen LogP) is 4.92. The van der Waals surface area contributed by atoms with Crippen LogP contribution in [0, 0.1) is 0 Å². The molecule has 1 unspecified atom stereocenters. The second-order valence-corrected chi connectivity index (χ2v) is 7.36. The van der Waals surface area contributed by atoms with Crippen LogP contribution in [0.5, 0.6) is 0 Å². The van der Waals surface area contributed by atoms with Crippen molar-refractivity contribution in [1.82, 2.24) is 5.43 Å². The number of hydrogen-bond donors (Lipinski definition) is 2. The van der Waals surface area contributed by atoms with E-state index in [2.05, 4.69) is 33.5 Å². The molecule has 0 heterocycles. The third-order valence-corrected chi connectivity index (χ3v) is 5.42. The Labute approximate surface area is 147 Å². The third-order valence-electron chi connectivity index (χ3n) is 3.01. The van der Waals surface area contributed by atoms with E-state index in [4.69, 9.17) is 29.0 Å². The Morgan fingerprint density at radius 2 is 1.71 bits per heavy atom. The molecule has 2 rings (SSSR count). The summed E-state index contributed by atoms with van der Waals surface area (Å²) in [5, 5.41) is 1.35. The van der Waals surface area contributed by atoms with Crippen LogP contribution in [0.25, 0.3) is 0 Å². The van der Waals surface area contributed by atoms with Crippen molar-refractivity contribution < 1.29 is 0 Å². The Hall–Kier alpha value is -0.230. The fourth-order valence-electron chi connectivity index (χ4n) is 1.87. The van der Waals surface area contributed by atoms with E-state index in [0.29, 0.717) is 16.5 Å². The first-order chi connectivity index (χ1) is 10.1. The van der Waals surface area contributed by atoms with E-state index in [9.17, 15) is 0 Å². The quantitative estimate of drug-likeness (QED) is 0.406. The fraction of sp³-hybridized carbons (Fsp3) is 0.200. The molecule has 0 amide bonds. The molecule has 0 fully saturated rings. The summed E-state index contributed by atoms with van der Waals surface area (Å²) in [5.74, 6) is 6.49. The van der Waals surface area contributed by atoms with Gasteiger partial charge < -0.3 is 0 Å². The molecule has 0 bridgehead atoms. The van der Waals surface area contributed by atoms with E-state index in [1.165, 1.54) is 4.90 Å². The maximum absolute atomic E-state index is 6.20. The molecular formula is C15H15BrCl2N2S. The first-order valence-electron chi connectivity index (χ1n) is 6.37. The van der Waals surface area contributed by atoms with Gasteiger partial charge in [0.05, 0.1) is 0 Å². The van der Waals surface area contributed by atoms with Gasteiger partial charge in [0.25, 0.3) is 0 Å². The summed E-state index contributed by atoms with van der Waals surface area (Å²) in [6.07, 6.45) is 0.693. The topological polar surface area (TPSA) is 38.0 Å². The fourth-order valence-corrected chi connectivity index (χ4v) is 3.62. The van der Waals surface area contributed by atoms with Crippen LogP contribution >= 0.6 is 50.9 Å². The van der Waals surface area contributed by atoms with Crippen LogP contribution in [-0.2, 0) is 6.42 Å². The number of nitrogens with one attached hydrogen (secondary N) is 1. The zero-order valence-electron chi connectivity index (χ0n) is 11.2. The summed E-state index contributed by atoms with van der Waals surface area (Å²) in [5.41, 5.74) is 3.77. The summed E-state index contributed by atoms with van der Waals surface area (Å²) < 4.78 is 1.07. The molecule has 2 aromatic rings. The first kappa shape index (κ1) is 17.1. The van der Waals surface area contributed by atoms with Gasteiger partial charge in [-0.15, -0.1) is 11.8 Å². The molecule has 0 aromatic heterocycles. The standard InChI is InChI=1S/C15H15BrCl2N2S/c16-10-4-6-12(7-5-10)21-9-11(20-19)8-13-14(17)2-1-3-15(13)18/h1-7,11,20H,8-9,19H2. The number of halogens is 3. The maximum Gasteiger partial charge on any atom is 0.0453 e. The van der Waals surface area contributed by atoms with Crippen molar-refractivity contribution in [3.05, 3.63) is 62.5 Å². The summed E-state index contributed by atoms with van der Waals surface area (Å²) >= 11 is 17.6. The second-order valence-electron chi connectivity index (χ2n) is 4.53. The molecule has 0 radical (unpaired) electrons. The van der Waals surface area contributed by atoms with E-state index in [0.717, 1.165) is 15.8 Å². The molecule has 0 aliphatic heterocycles. The second kappa shape index (κ2) is 8.42. The Kier molecular flexibility index (Phi) is 6.86. The first-order valence-corrected chi connectivity index (χ1v) is 8.91. The van der Waals surface area contributed by atoms with Crippen molar-refractivity contribution >= 4 is 50.9 Å². The zero-order valence-corrected chi connectivity index (χ0v) is 15.1. The third kappa shape index (κ3) is 5.16. The lowest BCUT2D eigenvalue weighted by atomic mass is 10.1. The average molecular weight is 406 g/mol. The van der Waals surface area contributed by atoms with Crippen molar-refractivity contribution in [3.8, 4) is 0 Å².